The van der Waals surface area contributed by atoms with Crippen LogP contribution >= 0.6 is 0 Å². The highest BCUT2D eigenvalue weighted by atomic mass is 16.5. The Kier molecular flexibility index (Phi) is 10.1. The molecule has 0 atom stereocenters. The highest BCUT2D eigenvalue weighted by molar-refractivity contribution is 5.88. The SMILES string of the molecule is CN=C(NC)NC=O.Cc1cnn2c(C3CCCCC3)c(C3=CCC=C(OCc4ccccc4)C=C3)cnc12. The number of hydrogen-bond donors (Lipinski definition) is 2. The minimum atomic E-state index is 0.472. The van der Waals surface area contributed by atoms with Crippen molar-refractivity contribution in [2.24, 2.45) is 4.99 Å². The zero-order chi connectivity index (χ0) is 27.5. The van der Waals surface area contributed by atoms with Gasteiger partial charge in [0.2, 0.25) is 6.41 Å². The van der Waals surface area contributed by atoms with Crippen molar-refractivity contribution in [1.29, 1.82) is 0 Å². The maximum absolute atomic E-state index is 9.70. The van der Waals surface area contributed by atoms with Gasteiger partial charge in [0, 0.05) is 37.3 Å². The maximum atomic E-state index is 9.70. The Labute approximate surface area is 230 Å². The zero-order valence-electron chi connectivity index (χ0n) is 23.1. The van der Waals surface area contributed by atoms with Gasteiger partial charge < -0.3 is 10.1 Å². The van der Waals surface area contributed by atoms with Crippen molar-refractivity contribution in [3.8, 4) is 0 Å². The Hall–Kier alpha value is -4.20. The lowest BCUT2D eigenvalue weighted by atomic mass is 9.84. The normalized spacial score (nSPS) is 15.9. The van der Waals surface area contributed by atoms with Crippen LogP contribution in [-0.4, -0.2) is 41.1 Å². The van der Waals surface area contributed by atoms with E-state index >= 15 is 0 Å². The summed E-state index contributed by atoms with van der Waals surface area (Å²) < 4.78 is 8.16. The van der Waals surface area contributed by atoms with Gasteiger partial charge in [-0.3, -0.25) is 15.1 Å². The molecule has 0 spiro atoms. The number of aliphatic imine (C=N–C) groups is 1. The summed E-state index contributed by atoms with van der Waals surface area (Å²) in [5, 5.41) is 9.72. The summed E-state index contributed by atoms with van der Waals surface area (Å²) in [6.07, 6.45) is 20.5. The Bertz CT molecular complexity index is 1360. The Morgan fingerprint density at radius 3 is 2.62 bits per heavy atom. The molecular formula is C31H38N6O2. The highest BCUT2D eigenvalue weighted by Gasteiger charge is 2.24. The number of benzene rings is 1. The van der Waals surface area contributed by atoms with Gasteiger partial charge in [-0.1, -0.05) is 61.7 Å². The van der Waals surface area contributed by atoms with Gasteiger partial charge in [0.1, 0.15) is 12.4 Å². The third-order valence-corrected chi connectivity index (χ3v) is 7.03. The summed E-state index contributed by atoms with van der Waals surface area (Å²) in [6.45, 7) is 2.67. The summed E-state index contributed by atoms with van der Waals surface area (Å²) in [6, 6.07) is 10.3. The average Bonchev–Trinajstić information content (AvgIpc) is 3.20. The summed E-state index contributed by atoms with van der Waals surface area (Å²) in [5.74, 6) is 1.92. The van der Waals surface area contributed by atoms with Gasteiger partial charge in [-0.25, -0.2) is 9.50 Å². The van der Waals surface area contributed by atoms with Gasteiger partial charge >= 0.3 is 0 Å². The van der Waals surface area contributed by atoms with Crippen LogP contribution in [0, 0.1) is 6.92 Å². The fourth-order valence-electron chi connectivity index (χ4n) is 5.02. The van der Waals surface area contributed by atoms with E-state index in [1.54, 1.807) is 14.1 Å². The first-order valence-corrected chi connectivity index (χ1v) is 13.6. The van der Waals surface area contributed by atoms with E-state index in [0.29, 0.717) is 24.9 Å². The molecule has 0 radical (unpaired) electrons. The minimum Gasteiger partial charge on any atom is -0.489 e. The van der Waals surface area contributed by atoms with Crippen molar-refractivity contribution in [2.75, 3.05) is 14.1 Å². The van der Waals surface area contributed by atoms with E-state index in [4.69, 9.17) is 14.8 Å². The lowest BCUT2D eigenvalue weighted by Gasteiger charge is -2.25. The Balaban J connectivity index is 0.000000386. The third kappa shape index (κ3) is 7.22. The Morgan fingerprint density at radius 1 is 1.13 bits per heavy atom. The van der Waals surface area contributed by atoms with Gasteiger partial charge in [0.05, 0.1) is 11.9 Å². The number of aromatic nitrogens is 3. The largest absolute Gasteiger partial charge is 0.489 e. The quantitative estimate of drug-likeness (QED) is 0.253. The number of amides is 1. The molecule has 2 heterocycles. The molecule has 2 aliphatic carbocycles. The fourth-order valence-corrected chi connectivity index (χ4v) is 5.02. The van der Waals surface area contributed by atoms with Gasteiger partial charge in [-0.05, 0) is 49.5 Å². The van der Waals surface area contributed by atoms with E-state index in [1.165, 1.54) is 54.5 Å². The molecule has 3 aromatic rings. The summed E-state index contributed by atoms with van der Waals surface area (Å²) in [4.78, 5) is 18.1. The molecule has 0 bridgehead atoms. The van der Waals surface area contributed by atoms with Crippen molar-refractivity contribution in [1.82, 2.24) is 25.2 Å². The number of carbonyl (C=O) groups excluding carboxylic acids is 1. The molecule has 1 aromatic carbocycles. The van der Waals surface area contributed by atoms with Crippen LogP contribution in [0.25, 0.3) is 11.2 Å². The maximum Gasteiger partial charge on any atom is 0.213 e. The summed E-state index contributed by atoms with van der Waals surface area (Å²) in [7, 11) is 3.27. The molecule has 8 heteroatoms. The number of ether oxygens (including phenoxy) is 1. The standard InChI is InChI=1S/C27H29N3O.C4H9N3O/c1-20-17-29-30-26(23-11-6-3-7-12-23)25(18-28-27(20)30)22-13-8-14-24(16-15-22)31-19-21-9-4-2-5-10-21;1-5-4(6-2)7-3-8/h2,4-5,9-10,13-18,23H,3,6-8,11-12,19H2,1H3;3H,1-2H3,(H2,5,6,7,8). The number of rotatable bonds is 6. The van der Waals surface area contributed by atoms with Gasteiger partial charge in [0.15, 0.2) is 11.6 Å². The minimum absolute atomic E-state index is 0.472. The topological polar surface area (TPSA) is 92.9 Å². The van der Waals surface area contributed by atoms with Crippen LogP contribution in [0.2, 0.25) is 0 Å². The van der Waals surface area contributed by atoms with E-state index < -0.39 is 0 Å². The highest BCUT2D eigenvalue weighted by Crippen LogP contribution is 2.37. The molecule has 1 amide bonds. The second kappa shape index (κ2) is 14.1. The van der Waals surface area contributed by atoms with Crippen molar-refractivity contribution in [3.63, 3.8) is 0 Å². The van der Waals surface area contributed by atoms with Crippen LogP contribution in [0.4, 0.5) is 0 Å². The molecule has 2 aliphatic rings. The lowest BCUT2D eigenvalue weighted by Crippen LogP contribution is -2.33. The lowest BCUT2D eigenvalue weighted by molar-refractivity contribution is -0.108. The average molecular weight is 527 g/mol. The Morgan fingerprint density at radius 2 is 1.92 bits per heavy atom. The number of aryl methyl sites for hydroxylation is 1. The van der Waals surface area contributed by atoms with Crippen LogP contribution in [0.15, 0.2) is 77.8 Å². The van der Waals surface area contributed by atoms with Gasteiger partial charge in [-0.15, -0.1) is 0 Å². The molecular weight excluding hydrogens is 488 g/mol. The van der Waals surface area contributed by atoms with Gasteiger partial charge in [-0.2, -0.15) is 5.10 Å². The smallest absolute Gasteiger partial charge is 0.213 e. The summed E-state index contributed by atoms with van der Waals surface area (Å²) in [5.41, 5.74) is 7.02. The molecule has 8 nitrogen and oxygen atoms in total. The zero-order valence-corrected chi connectivity index (χ0v) is 23.1. The number of carbonyl (C=O) groups is 1. The number of nitrogens with zero attached hydrogens (tertiary/aromatic N) is 4. The monoisotopic (exact) mass is 526 g/mol. The summed E-state index contributed by atoms with van der Waals surface area (Å²) >= 11 is 0. The van der Waals surface area contributed by atoms with Crippen molar-refractivity contribution in [2.45, 2.75) is 58.0 Å². The van der Waals surface area contributed by atoms with Crippen molar-refractivity contribution in [3.05, 3.63) is 95.2 Å². The van der Waals surface area contributed by atoms with E-state index in [-0.39, 0.29) is 0 Å². The van der Waals surface area contributed by atoms with Crippen molar-refractivity contribution >= 4 is 23.6 Å². The van der Waals surface area contributed by atoms with E-state index in [1.807, 2.05) is 24.4 Å². The number of hydrogen-bond acceptors (Lipinski definition) is 5. The molecule has 0 unspecified atom stereocenters. The van der Waals surface area contributed by atoms with E-state index in [2.05, 4.69) is 69.7 Å². The number of nitrogens with one attached hydrogen (secondary N) is 2. The molecule has 204 valence electrons. The molecule has 0 aliphatic heterocycles. The van der Waals surface area contributed by atoms with E-state index in [0.717, 1.165) is 23.4 Å². The first-order chi connectivity index (χ1) is 19.1. The second-order valence-electron chi connectivity index (χ2n) is 9.65. The van der Waals surface area contributed by atoms with Crippen LogP contribution in [0.5, 0.6) is 0 Å². The molecule has 1 fully saturated rings. The molecule has 39 heavy (non-hydrogen) atoms. The van der Waals surface area contributed by atoms with Crippen LogP contribution in [-0.2, 0) is 16.1 Å². The van der Waals surface area contributed by atoms with Crippen molar-refractivity contribution < 1.29 is 9.53 Å². The first-order valence-electron chi connectivity index (χ1n) is 13.6. The van der Waals surface area contributed by atoms with Crippen LogP contribution in [0.1, 0.15) is 66.8 Å². The molecule has 2 aromatic heterocycles. The molecule has 1 saturated carbocycles. The number of guanidine groups is 1. The molecule has 5 rings (SSSR count). The number of allylic oxidation sites excluding steroid dienone is 5. The van der Waals surface area contributed by atoms with Crippen LogP contribution in [0.3, 0.4) is 0 Å². The van der Waals surface area contributed by atoms with Gasteiger partial charge in [0.25, 0.3) is 0 Å². The predicted octanol–water partition coefficient (Wildman–Crippen LogP) is 5.47. The fraction of sp³-hybridized carbons (Fsp3) is 0.355. The predicted molar refractivity (Wildman–Crippen MR) is 156 cm³/mol. The third-order valence-electron chi connectivity index (χ3n) is 7.03. The first kappa shape index (κ1) is 27.8. The number of fused-ring (bicyclic) bond motifs is 1. The van der Waals surface area contributed by atoms with Crippen LogP contribution < -0.4 is 10.6 Å². The molecule has 2 N–H and O–H groups in total. The van der Waals surface area contributed by atoms with E-state index in [9.17, 15) is 4.79 Å². The second-order valence-corrected chi connectivity index (χ2v) is 9.65. The molecule has 0 saturated heterocycles.